The molecular formula is C12H16ClNO3S. The molecule has 1 unspecified atom stereocenters. The Morgan fingerprint density at radius 2 is 2.17 bits per heavy atom. The van der Waals surface area contributed by atoms with E-state index in [0.29, 0.717) is 30.3 Å². The molecule has 18 heavy (non-hydrogen) atoms. The van der Waals surface area contributed by atoms with E-state index in [1.54, 1.807) is 24.3 Å². The Bertz CT molecular complexity index is 518. The van der Waals surface area contributed by atoms with Crippen LogP contribution in [-0.2, 0) is 20.5 Å². The Balaban J connectivity index is 2.19. The minimum atomic E-state index is -3.34. The van der Waals surface area contributed by atoms with Gasteiger partial charge in [0, 0.05) is 17.6 Å². The molecule has 1 aromatic rings. The van der Waals surface area contributed by atoms with Gasteiger partial charge in [0.1, 0.15) is 0 Å². The summed E-state index contributed by atoms with van der Waals surface area (Å²) in [5.74, 6) is -0.0585. The zero-order valence-corrected chi connectivity index (χ0v) is 11.7. The van der Waals surface area contributed by atoms with Crippen LogP contribution in [0.2, 0.25) is 5.02 Å². The highest BCUT2D eigenvalue weighted by atomic mass is 35.5. The Morgan fingerprint density at radius 3 is 2.83 bits per heavy atom. The van der Waals surface area contributed by atoms with Crippen molar-refractivity contribution in [1.29, 1.82) is 0 Å². The summed E-state index contributed by atoms with van der Waals surface area (Å²) in [6, 6.07) is 6.90. The van der Waals surface area contributed by atoms with Gasteiger partial charge in [0.25, 0.3) is 0 Å². The normalized spacial score (nSPS) is 22.0. The average Bonchev–Trinajstić information content (AvgIpc) is 2.32. The summed E-state index contributed by atoms with van der Waals surface area (Å²) in [6.45, 7) is 3.16. The number of nitrogens with zero attached hydrogens (tertiary/aromatic N) is 1. The Morgan fingerprint density at radius 1 is 1.44 bits per heavy atom. The van der Waals surface area contributed by atoms with E-state index >= 15 is 0 Å². The second-order valence-corrected chi connectivity index (χ2v) is 6.71. The third-order valence-electron chi connectivity index (χ3n) is 2.96. The molecule has 100 valence electrons. The first-order chi connectivity index (χ1) is 8.50. The molecule has 1 aliphatic heterocycles. The second-order valence-electron chi connectivity index (χ2n) is 4.38. The van der Waals surface area contributed by atoms with Crippen LogP contribution < -0.4 is 0 Å². The molecule has 1 fully saturated rings. The topological polar surface area (TPSA) is 46.6 Å². The van der Waals surface area contributed by atoms with Gasteiger partial charge in [-0.2, -0.15) is 4.31 Å². The van der Waals surface area contributed by atoms with Crippen LogP contribution in [0.15, 0.2) is 24.3 Å². The SMILES string of the molecule is CC1COCCN1S(=O)(=O)Cc1ccccc1Cl. The monoisotopic (exact) mass is 289 g/mol. The van der Waals surface area contributed by atoms with E-state index in [1.807, 2.05) is 6.92 Å². The molecule has 1 aliphatic rings. The lowest BCUT2D eigenvalue weighted by Gasteiger charge is -2.32. The highest BCUT2D eigenvalue weighted by Gasteiger charge is 2.30. The summed E-state index contributed by atoms with van der Waals surface area (Å²) in [4.78, 5) is 0. The van der Waals surface area contributed by atoms with E-state index in [2.05, 4.69) is 0 Å². The standard InChI is InChI=1S/C12H16ClNO3S/c1-10-8-17-7-6-14(10)18(15,16)9-11-4-2-3-5-12(11)13/h2-5,10H,6-9H2,1H3. The van der Waals surface area contributed by atoms with Gasteiger partial charge in [0.2, 0.25) is 10.0 Å². The number of benzene rings is 1. The minimum absolute atomic E-state index is 0.0585. The highest BCUT2D eigenvalue weighted by Crippen LogP contribution is 2.21. The first-order valence-electron chi connectivity index (χ1n) is 5.81. The van der Waals surface area contributed by atoms with Crippen molar-refractivity contribution in [2.75, 3.05) is 19.8 Å². The molecule has 0 bridgehead atoms. The summed E-state index contributed by atoms with van der Waals surface area (Å²) in [5.41, 5.74) is 0.637. The molecule has 6 heteroatoms. The smallest absolute Gasteiger partial charge is 0.218 e. The fourth-order valence-corrected chi connectivity index (χ4v) is 4.07. The molecule has 0 amide bonds. The summed E-state index contributed by atoms with van der Waals surface area (Å²) in [7, 11) is -3.34. The van der Waals surface area contributed by atoms with Crippen LogP contribution in [0.3, 0.4) is 0 Å². The fourth-order valence-electron chi connectivity index (χ4n) is 2.02. The van der Waals surface area contributed by atoms with Gasteiger partial charge in [-0.25, -0.2) is 8.42 Å². The number of sulfonamides is 1. The van der Waals surface area contributed by atoms with Gasteiger partial charge >= 0.3 is 0 Å². The van der Waals surface area contributed by atoms with Crippen LogP contribution in [0.1, 0.15) is 12.5 Å². The molecule has 2 rings (SSSR count). The van der Waals surface area contributed by atoms with Gasteiger partial charge in [-0.05, 0) is 18.6 Å². The summed E-state index contributed by atoms with van der Waals surface area (Å²) in [5, 5.41) is 0.488. The molecule has 0 aliphatic carbocycles. The maximum atomic E-state index is 12.3. The van der Waals surface area contributed by atoms with Gasteiger partial charge < -0.3 is 4.74 Å². The van der Waals surface area contributed by atoms with Crippen LogP contribution >= 0.6 is 11.6 Å². The first-order valence-corrected chi connectivity index (χ1v) is 7.80. The van der Waals surface area contributed by atoms with E-state index in [1.165, 1.54) is 4.31 Å². The number of rotatable bonds is 3. The second kappa shape index (κ2) is 5.57. The van der Waals surface area contributed by atoms with E-state index in [9.17, 15) is 8.42 Å². The van der Waals surface area contributed by atoms with Crippen molar-refractivity contribution >= 4 is 21.6 Å². The largest absolute Gasteiger partial charge is 0.378 e. The van der Waals surface area contributed by atoms with Gasteiger partial charge in [-0.1, -0.05) is 29.8 Å². The first kappa shape index (κ1) is 13.8. The van der Waals surface area contributed by atoms with Gasteiger partial charge in [-0.15, -0.1) is 0 Å². The number of ether oxygens (including phenoxy) is 1. The van der Waals surface area contributed by atoms with Crippen molar-refractivity contribution < 1.29 is 13.2 Å². The lowest BCUT2D eigenvalue weighted by molar-refractivity contribution is 0.0392. The Labute approximate surface area is 113 Å². The lowest BCUT2D eigenvalue weighted by atomic mass is 10.2. The van der Waals surface area contributed by atoms with Crippen molar-refractivity contribution in [3.8, 4) is 0 Å². The predicted molar refractivity (Wildman–Crippen MR) is 71.1 cm³/mol. The van der Waals surface area contributed by atoms with Crippen molar-refractivity contribution in [3.63, 3.8) is 0 Å². The zero-order valence-electron chi connectivity index (χ0n) is 10.2. The van der Waals surface area contributed by atoms with Crippen molar-refractivity contribution in [2.45, 2.75) is 18.7 Å². The quantitative estimate of drug-likeness (QED) is 0.854. The summed E-state index contributed by atoms with van der Waals surface area (Å²) >= 11 is 6.00. The minimum Gasteiger partial charge on any atom is -0.378 e. The highest BCUT2D eigenvalue weighted by molar-refractivity contribution is 7.88. The number of halogens is 1. The van der Waals surface area contributed by atoms with Crippen LogP contribution in [0.25, 0.3) is 0 Å². The van der Waals surface area contributed by atoms with Crippen LogP contribution in [0, 0.1) is 0 Å². The molecule has 0 radical (unpaired) electrons. The van der Waals surface area contributed by atoms with Crippen molar-refractivity contribution in [3.05, 3.63) is 34.9 Å². The fraction of sp³-hybridized carbons (Fsp3) is 0.500. The van der Waals surface area contributed by atoms with Crippen molar-refractivity contribution in [2.24, 2.45) is 0 Å². The summed E-state index contributed by atoms with van der Waals surface area (Å²) in [6.07, 6.45) is 0. The average molecular weight is 290 g/mol. The Kier molecular flexibility index (Phi) is 4.27. The number of morpholine rings is 1. The van der Waals surface area contributed by atoms with E-state index in [0.717, 1.165) is 0 Å². The zero-order chi connectivity index (χ0) is 13.2. The van der Waals surface area contributed by atoms with Gasteiger partial charge in [-0.3, -0.25) is 0 Å². The predicted octanol–water partition coefficient (Wildman–Crippen LogP) is 1.89. The van der Waals surface area contributed by atoms with Crippen molar-refractivity contribution in [1.82, 2.24) is 4.31 Å². The molecule has 1 atom stereocenters. The molecule has 1 aromatic carbocycles. The van der Waals surface area contributed by atoms with E-state index < -0.39 is 10.0 Å². The molecule has 1 saturated heterocycles. The van der Waals surface area contributed by atoms with E-state index in [4.69, 9.17) is 16.3 Å². The molecule has 1 heterocycles. The van der Waals surface area contributed by atoms with Gasteiger partial charge in [0.05, 0.1) is 19.0 Å². The van der Waals surface area contributed by atoms with Crippen LogP contribution in [-0.4, -0.2) is 38.5 Å². The molecule has 0 spiro atoms. The molecule has 0 saturated carbocycles. The van der Waals surface area contributed by atoms with Crippen LogP contribution in [0.5, 0.6) is 0 Å². The van der Waals surface area contributed by atoms with Gasteiger partial charge in [0.15, 0.2) is 0 Å². The van der Waals surface area contributed by atoms with E-state index in [-0.39, 0.29) is 11.8 Å². The molecular weight excluding hydrogens is 274 g/mol. The number of hydrogen-bond acceptors (Lipinski definition) is 3. The maximum Gasteiger partial charge on any atom is 0.218 e. The third-order valence-corrected chi connectivity index (χ3v) is 5.26. The molecule has 4 nitrogen and oxygen atoms in total. The maximum absolute atomic E-state index is 12.3. The molecule has 0 N–H and O–H groups in total. The van der Waals surface area contributed by atoms with Crippen LogP contribution in [0.4, 0.5) is 0 Å². The lowest BCUT2D eigenvalue weighted by Crippen LogP contribution is -2.47. The third kappa shape index (κ3) is 3.03. The Hall–Kier alpha value is -0.620. The molecule has 0 aromatic heterocycles. The summed E-state index contributed by atoms with van der Waals surface area (Å²) < 4.78 is 31.4. The number of hydrogen-bond donors (Lipinski definition) is 0.